The maximum absolute atomic E-state index is 13.0. The van der Waals surface area contributed by atoms with E-state index in [1.165, 1.54) is 23.3 Å². The molecule has 2 unspecified atom stereocenters. The lowest BCUT2D eigenvalue weighted by molar-refractivity contribution is 0.574. The largest absolute Gasteiger partial charge is 0.309 e. The highest BCUT2D eigenvalue weighted by Gasteiger charge is 2.29. The Kier molecular flexibility index (Phi) is 3.54. The van der Waals surface area contributed by atoms with Crippen LogP contribution in [0.5, 0.6) is 0 Å². The second-order valence-electron chi connectivity index (χ2n) is 4.93. The summed E-state index contributed by atoms with van der Waals surface area (Å²) in [5, 5.41) is 4.27. The van der Waals surface area contributed by atoms with Crippen LogP contribution in [0, 0.1) is 5.82 Å². The Morgan fingerprint density at radius 3 is 2.26 bits per heavy atom. The molecule has 3 rings (SSSR count). The fourth-order valence-electron chi connectivity index (χ4n) is 2.79. The predicted molar refractivity (Wildman–Crippen MR) is 76.0 cm³/mol. The molecule has 3 heteroatoms. The quantitative estimate of drug-likeness (QED) is 0.862. The molecule has 1 aliphatic heterocycles. The van der Waals surface area contributed by atoms with E-state index in [4.69, 9.17) is 11.6 Å². The van der Waals surface area contributed by atoms with Gasteiger partial charge >= 0.3 is 0 Å². The molecule has 0 aromatic heterocycles. The third kappa shape index (κ3) is 2.65. The first-order valence-corrected chi connectivity index (χ1v) is 6.86. The highest BCUT2D eigenvalue weighted by molar-refractivity contribution is 6.30. The second kappa shape index (κ2) is 5.32. The van der Waals surface area contributed by atoms with E-state index in [9.17, 15) is 4.39 Å². The molecule has 0 bridgehead atoms. The minimum Gasteiger partial charge on any atom is -0.309 e. The molecule has 1 N–H and O–H groups in total. The molecule has 0 spiro atoms. The minimum absolute atomic E-state index is 0.183. The Labute approximate surface area is 117 Å². The fourth-order valence-corrected chi connectivity index (χ4v) is 2.92. The van der Waals surface area contributed by atoms with Gasteiger partial charge in [0, 0.05) is 17.0 Å². The summed E-state index contributed by atoms with van der Waals surface area (Å²) in [5.41, 5.74) is 2.42. The molecule has 2 aromatic carbocycles. The van der Waals surface area contributed by atoms with Crippen molar-refractivity contribution in [2.45, 2.75) is 18.4 Å². The molecule has 0 amide bonds. The third-order valence-electron chi connectivity index (χ3n) is 3.75. The zero-order valence-electron chi connectivity index (χ0n) is 10.4. The van der Waals surface area contributed by atoms with Gasteiger partial charge < -0.3 is 5.32 Å². The van der Waals surface area contributed by atoms with E-state index in [0.29, 0.717) is 5.92 Å². The maximum Gasteiger partial charge on any atom is 0.123 e. The van der Waals surface area contributed by atoms with Crippen molar-refractivity contribution in [3.8, 4) is 0 Å². The molecule has 1 nitrogen and oxygen atoms in total. The Bertz CT molecular complexity index is 498. The van der Waals surface area contributed by atoms with Gasteiger partial charge in [-0.25, -0.2) is 4.39 Å². The number of hydrogen-bond donors (Lipinski definition) is 1. The standard InChI is InChI=1S/C16H15ClFN/c17-13-5-1-12(2-6-13)16-15(9-10-19-16)11-3-7-14(18)8-4-11/h1-8,15-16,19H,9-10H2. The van der Waals surface area contributed by atoms with Gasteiger partial charge in [-0.1, -0.05) is 35.9 Å². The number of benzene rings is 2. The summed E-state index contributed by atoms with van der Waals surface area (Å²) in [7, 11) is 0. The van der Waals surface area contributed by atoms with Gasteiger partial charge in [0.05, 0.1) is 0 Å². The molecular weight excluding hydrogens is 261 g/mol. The zero-order valence-corrected chi connectivity index (χ0v) is 11.2. The van der Waals surface area contributed by atoms with E-state index >= 15 is 0 Å². The van der Waals surface area contributed by atoms with Crippen molar-refractivity contribution in [1.82, 2.24) is 5.32 Å². The van der Waals surface area contributed by atoms with Gasteiger partial charge in [0.2, 0.25) is 0 Å². The van der Waals surface area contributed by atoms with Crippen LogP contribution >= 0.6 is 11.6 Å². The molecule has 1 fully saturated rings. The Balaban J connectivity index is 1.89. The monoisotopic (exact) mass is 275 g/mol. The van der Waals surface area contributed by atoms with E-state index in [1.54, 1.807) is 0 Å². The topological polar surface area (TPSA) is 12.0 Å². The van der Waals surface area contributed by atoms with Crippen LogP contribution in [-0.4, -0.2) is 6.54 Å². The van der Waals surface area contributed by atoms with Crippen LogP contribution in [0.25, 0.3) is 0 Å². The molecule has 2 aromatic rings. The fraction of sp³-hybridized carbons (Fsp3) is 0.250. The van der Waals surface area contributed by atoms with Crippen molar-refractivity contribution in [3.05, 3.63) is 70.5 Å². The summed E-state index contributed by atoms with van der Waals surface area (Å²) in [6.45, 7) is 0.981. The summed E-state index contributed by atoms with van der Waals surface area (Å²) < 4.78 is 13.0. The van der Waals surface area contributed by atoms with Crippen LogP contribution < -0.4 is 5.32 Å². The van der Waals surface area contributed by atoms with Crippen LogP contribution in [0.2, 0.25) is 5.02 Å². The molecule has 19 heavy (non-hydrogen) atoms. The minimum atomic E-state index is -0.183. The molecule has 0 radical (unpaired) electrons. The highest BCUT2D eigenvalue weighted by Crippen LogP contribution is 2.37. The van der Waals surface area contributed by atoms with E-state index in [-0.39, 0.29) is 11.9 Å². The Morgan fingerprint density at radius 1 is 0.947 bits per heavy atom. The number of nitrogens with one attached hydrogen (secondary N) is 1. The van der Waals surface area contributed by atoms with Crippen molar-refractivity contribution in [3.63, 3.8) is 0 Å². The van der Waals surface area contributed by atoms with Gasteiger partial charge in [-0.3, -0.25) is 0 Å². The van der Waals surface area contributed by atoms with Gasteiger partial charge in [0.25, 0.3) is 0 Å². The van der Waals surface area contributed by atoms with Crippen molar-refractivity contribution < 1.29 is 4.39 Å². The van der Waals surface area contributed by atoms with Gasteiger partial charge in [0.15, 0.2) is 0 Å². The van der Waals surface area contributed by atoms with Gasteiger partial charge in [-0.05, 0) is 48.4 Å². The van der Waals surface area contributed by atoms with E-state index < -0.39 is 0 Å². The predicted octanol–water partition coefficient (Wildman–Crippen LogP) is 4.30. The van der Waals surface area contributed by atoms with E-state index in [1.807, 2.05) is 24.3 Å². The second-order valence-corrected chi connectivity index (χ2v) is 5.37. The SMILES string of the molecule is Fc1ccc(C2CCNC2c2ccc(Cl)cc2)cc1. The first-order valence-electron chi connectivity index (χ1n) is 6.48. The smallest absolute Gasteiger partial charge is 0.123 e. The van der Waals surface area contributed by atoms with Crippen LogP contribution in [-0.2, 0) is 0 Å². The number of hydrogen-bond acceptors (Lipinski definition) is 1. The molecule has 1 heterocycles. The lowest BCUT2D eigenvalue weighted by atomic mass is 9.88. The molecule has 0 aliphatic carbocycles. The summed E-state index contributed by atoms with van der Waals surface area (Å²) in [5.74, 6) is 0.208. The Hall–Kier alpha value is -1.38. The van der Waals surface area contributed by atoms with Crippen LogP contribution in [0.3, 0.4) is 0 Å². The lowest BCUT2D eigenvalue weighted by Gasteiger charge is -2.20. The normalized spacial score (nSPS) is 22.6. The van der Waals surface area contributed by atoms with Gasteiger partial charge in [0.1, 0.15) is 5.82 Å². The summed E-state index contributed by atoms with van der Waals surface area (Å²) in [4.78, 5) is 0. The zero-order chi connectivity index (χ0) is 13.2. The van der Waals surface area contributed by atoms with Gasteiger partial charge in [-0.15, -0.1) is 0 Å². The molecule has 0 saturated carbocycles. The maximum atomic E-state index is 13.0. The van der Waals surface area contributed by atoms with E-state index in [2.05, 4.69) is 17.4 Å². The average Bonchev–Trinajstić information content (AvgIpc) is 2.90. The van der Waals surface area contributed by atoms with Crippen molar-refractivity contribution in [1.29, 1.82) is 0 Å². The van der Waals surface area contributed by atoms with E-state index in [0.717, 1.165) is 18.0 Å². The molecular formula is C16H15ClFN. The summed E-state index contributed by atoms with van der Waals surface area (Å²) in [6.07, 6.45) is 1.07. The molecule has 1 saturated heterocycles. The first kappa shape index (κ1) is 12.6. The van der Waals surface area contributed by atoms with Crippen molar-refractivity contribution in [2.75, 3.05) is 6.54 Å². The average molecular weight is 276 g/mol. The van der Waals surface area contributed by atoms with Gasteiger partial charge in [-0.2, -0.15) is 0 Å². The van der Waals surface area contributed by atoms with Crippen LogP contribution in [0.4, 0.5) is 4.39 Å². The Morgan fingerprint density at radius 2 is 1.58 bits per heavy atom. The third-order valence-corrected chi connectivity index (χ3v) is 4.00. The molecule has 2 atom stereocenters. The van der Waals surface area contributed by atoms with Crippen LogP contribution in [0.15, 0.2) is 48.5 Å². The summed E-state index contributed by atoms with van der Waals surface area (Å²) >= 11 is 5.93. The number of halogens is 2. The first-order chi connectivity index (χ1) is 9.24. The highest BCUT2D eigenvalue weighted by atomic mass is 35.5. The van der Waals surface area contributed by atoms with Crippen molar-refractivity contribution >= 4 is 11.6 Å². The molecule has 98 valence electrons. The number of rotatable bonds is 2. The van der Waals surface area contributed by atoms with Crippen LogP contribution in [0.1, 0.15) is 29.5 Å². The van der Waals surface area contributed by atoms with Crippen molar-refractivity contribution in [2.24, 2.45) is 0 Å². The lowest BCUT2D eigenvalue weighted by Crippen LogP contribution is -2.16. The summed E-state index contributed by atoms with van der Waals surface area (Å²) in [6, 6.07) is 15.1. The molecule has 1 aliphatic rings.